The van der Waals surface area contributed by atoms with Crippen molar-refractivity contribution in [3.05, 3.63) is 29.5 Å². The maximum absolute atomic E-state index is 12.9. The molecule has 2 aliphatic rings. The monoisotopic (exact) mass is 415 g/mol. The van der Waals surface area contributed by atoms with Crippen molar-refractivity contribution in [2.24, 2.45) is 0 Å². The van der Waals surface area contributed by atoms with Crippen LogP contribution in [0, 0.1) is 0 Å². The molecule has 3 heterocycles. The Bertz CT molecular complexity index is 961. The zero-order chi connectivity index (χ0) is 21.5. The van der Waals surface area contributed by atoms with Crippen molar-refractivity contribution in [1.82, 2.24) is 14.8 Å². The first-order chi connectivity index (χ1) is 14.4. The molecule has 0 saturated carbocycles. The number of aromatic amines is 1. The number of aliphatic hydroxyl groups is 1. The van der Waals surface area contributed by atoms with Crippen LogP contribution in [-0.4, -0.2) is 78.8 Å². The molecule has 2 aliphatic heterocycles. The summed E-state index contributed by atoms with van der Waals surface area (Å²) in [6, 6.07) is 5.47. The zero-order valence-corrected chi connectivity index (χ0v) is 17.7. The average Bonchev–Trinajstić information content (AvgIpc) is 3.13. The maximum Gasteiger partial charge on any atom is 0.249 e. The molecule has 0 aliphatic carbocycles. The van der Waals surface area contributed by atoms with Gasteiger partial charge in [0, 0.05) is 61.7 Å². The fourth-order valence-electron chi connectivity index (χ4n) is 5.13. The summed E-state index contributed by atoms with van der Waals surface area (Å²) < 4.78 is 10.5. The average molecular weight is 415 g/mol. The van der Waals surface area contributed by atoms with Gasteiger partial charge in [-0.15, -0.1) is 0 Å². The second kappa shape index (κ2) is 7.92. The Balaban J connectivity index is 1.86. The summed E-state index contributed by atoms with van der Waals surface area (Å²) in [7, 11) is 3.13. The summed E-state index contributed by atoms with van der Waals surface area (Å²) in [5.41, 5.74) is 2.66. The topological polar surface area (TPSA) is 95.1 Å². The van der Waals surface area contributed by atoms with Gasteiger partial charge in [0.05, 0.1) is 19.8 Å². The summed E-state index contributed by atoms with van der Waals surface area (Å²) in [6.45, 7) is 3.18. The molecule has 4 rings (SSSR count). The normalized spacial score (nSPS) is 20.5. The van der Waals surface area contributed by atoms with Crippen LogP contribution in [0.3, 0.4) is 0 Å². The number of piperidine rings is 1. The summed E-state index contributed by atoms with van der Waals surface area (Å²) >= 11 is 0. The van der Waals surface area contributed by atoms with Crippen LogP contribution >= 0.6 is 0 Å². The molecule has 1 spiro atoms. The SMILES string of the molecule is COCC(=O)N1CC2(CCN(C(C)=O)CC2)c2c([nH]c3cc(OC)ccc23)[C@@H]1CO. The van der Waals surface area contributed by atoms with Gasteiger partial charge in [0.1, 0.15) is 12.4 Å². The van der Waals surface area contributed by atoms with Gasteiger partial charge in [-0.3, -0.25) is 9.59 Å². The van der Waals surface area contributed by atoms with Gasteiger partial charge in [0.25, 0.3) is 0 Å². The fraction of sp³-hybridized carbons (Fsp3) is 0.545. The molecule has 1 aromatic heterocycles. The van der Waals surface area contributed by atoms with Crippen molar-refractivity contribution in [3.8, 4) is 5.75 Å². The second-order valence-electron chi connectivity index (χ2n) is 8.26. The first-order valence-corrected chi connectivity index (χ1v) is 10.3. The van der Waals surface area contributed by atoms with E-state index in [4.69, 9.17) is 9.47 Å². The van der Waals surface area contributed by atoms with Crippen LogP contribution < -0.4 is 4.74 Å². The van der Waals surface area contributed by atoms with Gasteiger partial charge >= 0.3 is 0 Å². The van der Waals surface area contributed by atoms with E-state index in [0.29, 0.717) is 19.6 Å². The fourth-order valence-corrected chi connectivity index (χ4v) is 5.13. The number of ether oxygens (including phenoxy) is 2. The van der Waals surface area contributed by atoms with Gasteiger partial charge in [-0.1, -0.05) is 0 Å². The number of methoxy groups -OCH3 is 2. The van der Waals surface area contributed by atoms with Gasteiger partial charge in [-0.2, -0.15) is 0 Å². The number of carbonyl (C=O) groups is 2. The summed E-state index contributed by atoms with van der Waals surface area (Å²) in [6.07, 6.45) is 1.51. The Morgan fingerprint density at radius 2 is 2.00 bits per heavy atom. The van der Waals surface area contributed by atoms with Crippen LogP contribution in [0.2, 0.25) is 0 Å². The molecule has 0 bridgehead atoms. The quantitative estimate of drug-likeness (QED) is 0.791. The third kappa shape index (κ3) is 3.24. The highest BCUT2D eigenvalue weighted by molar-refractivity contribution is 5.89. The Labute approximate surface area is 175 Å². The summed E-state index contributed by atoms with van der Waals surface area (Å²) in [4.78, 5) is 31.8. The Hall–Kier alpha value is -2.58. The molecular formula is C22H29N3O5. The van der Waals surface area contributed by atoms with Crippen LogP contribution in [0.15, 0.2) is 18.2 Å². The third-order valence-corrected chi connectivity index (χ3v) is 6.67. The summed E-state index contributed by atoms with van der Waals surface area (Å²) in [5, 5.41) is 11.3. The number of carbonyl (C=O) groups excluding carboxylic acids is 2. The number of fused-ring (bicyclic) bond motifs is 4. The van der Waals surface area contributed by atoms with E-state index in [1.807, 2.05) is 23.1 Å². The third-order valence-electron chi connectivity index (χ3n) is 6.67. The minimum absolute atomic E-state index is 0.0322. The van der Waals surface area contributed by atoms with E-state index in [0.717, 1.165) is 40.8 Å². The number of nitrogens with zero attached hydrogens (tertiary/aromatic N) is 2. The van der Waals surface area contributed by atoms with Crippen LogP contribution in [-0.2, 0) is 19.7 Å². The van der Waals surface area contributed by atoms with Crippen LogP contribution in [0.4, 0.5) is 0 Å². The molecule has 2 aromatic rings. The number of amides is 2. The molecule has 162 valence electrons. The molecular weight excluding hydrogens is 386 g/mol. The van der Waals surface area contributed by atoms with Crippen molar-refractivity contribution >= 4 is 22.7 Å². The lowest BCUT2D eigenvalue weighted by molar-refractivity contribution is -0.142. The Morgan fingerprint density at radius 1 is 1.27 bits per heavy atom. The number of H-pyrrole nitrogens is 1. The smallest absolute Gasteiger partial charge is 0.249 e. The van der Waals surface area contributed by atoms with Crippen molar-refractivity contribution in [1.29, 1.82) is 0 Å². The number of rotatable bonds is 4. The highest BCUT2D eigenvalue weighted by atomic mass is 16.5. The highest BCUT2D eigenvalue weighted by Gasteiger charge is 2.48. The molecule has 1 saturated heterocycles. The van der Waals surface area contributed by atoms with Gasteiger partial charge in [0.15, 0.2) is 0 Å². The molecule has 1 atom stereocenters. The lowest BCUT2D eigenvalue weighted by atomic mass is 9.68. The molecule has 8 heteroatoms. The second-order valence-corrected chi connectivity index (χ2v) is 8.26. The van der Waals surface area contributed by atoms with Crippen molar-refractivity contribution in [2.45, 2.75) is 31.2 Å². The number of aliphatic hydroxyl groups excluding tert-OH is 1. The summed E-state index contributed by atoms with van der Waals surface area (Å²) in [5.74, 6) is 0.673. The molecule has 0 unspecified atom stereocenters. The van der Waals surface area contributed by atoms with Crippen molar-refractivity contribution in [3.63, 3.8) is 0 Å². The zero-order valence-electron chi connectivity index (χ0n) is 17.7. The predicted molar refractivity (Wildman–Crippen MR) is 111 cm³/mol. The molecule has 2 amide bonds. The van der Waals surface area contributed by atoms with E-state index >= 15 is 0 Å². The lowest BCUT2D eigenvalue weighted by Crippen LogP contribution is -2.56. The van der Waals surface area contributed by atoms with Crippen molar-refractivity contribution < 1.29 is 24.2 Å². The van der Waals surface area contributed by atoms with E-state index < -0.39 is 6.04 Å². The number of benzene rings is 1. The standard InChI is InChI=1S/C22H29N3O5/c1-14(27)24-8-6-22(7-9-24)13-25(19(28)12-29-2)18(11-26)21-20(22)16-5-4-15(30-3)10-17(16)23-21/h4-5,10,18,23,26H,6-9,11-13H2,1-3H3/t18-/m0/s1. The lowest BCUT2D eigenvalue weighted by Gasteiger charge is -2.50. The Kier molecular flexibility index (Phi) is 5.46. The number of likely N-dealkylation sites (tertiary alicyclic amines) is 1. The van der Waals surface area contributed by atoms with Gasteiger partial charge in [-0.05, 0) is 30.5 Å². The Morgan fingerprint density at radius 3 is 2.60 bits per heavy atom. The first-order valence-electron chi connectivity index (χ1n) is 10.3. The van der Waals surface area contributed by atoms with Gasteiger partial charge < -0.3 is 29.4 Å². The molecule has 2 N–H and O–H groups in total. The van der Waals surface area contributed by atoms with Crippen molar-refractivity contribution in [2.75, 3.05) is 47.1 Å². The highest BCUT2D eigenvalue weighted by Crippen LogP contribution is 2.49. The number of aromatic nitrogens is 1. The first kappa shape index (κ1) is 20.7. The van der Waals surface area contributed by atoms with Gasteiger partial charge in [-0.25, -0.2) is 0 Å². The minimum atomic E-state index is -0.461. The minimum Gasteiger partial charge on any atom is -0.497 e. The van der Waals surface area contributed by atoms with E-state index in [9.17, 15) is 14.7 Å². The maximum atomic E-state index is 12.9. The van der Waals surface area contributed by atoms with E-state index in [1.54, 1.807) is 18.9 Å². The van der Waals surface area contributed by atoms with Gasteiger partial charge in [0.2, 0.25) is 11.8 Å². The molecule has 30 heavy (non-hydrogen) atoms. The predicted octanol–water partition coefficient (Wildman–Crippen LogP) is 1.58. The van der Waals surface area contributed by atoms with E-state index in [-0.39, 0.29) is 30.4 Å². The van der Waals surface area contributed by atoms with Crippen LogP contribution in [0.1, 0.15) is 37.1 Å². The van der Waals surface area contributed by atoms with Crippen LogP contribution in [0.5, 0.6) is 5.75 Å². The molecule has 0 radical (unpaired) electrons. The molecule has 1 fully saturated rings. The van der Waals surface area contributed by atoms with E-state index in [1.165, 1.54) is 7.11 Å². The molecule has 1 aromatic carbocycles. The molecule has 8 nitrogen and oxygen atoms in total. The number of nitrogens with one attached hydrogen (secondary N) is 1. The van der Waals surface area contributed by atoms with E-state index in [2.05, 4.69) is 4.98 Å². The number of hydrogen-bond acceptors (Lipinski definition) is 5. The largest absolute Gasteiger partial charge is 0.497 e. The van der Waals surface area contributed by atoms with Crippen LogP contribution in [0.25, 0.3) is 10.9 Å². The number of hydrogen-bond donors (Lipinski definition) is 2.